The second-order valence-electron chi connectivity index (χ2n) is 8.65. The smallest absolute Gasteiger partial charge is 0.168 e. The maximum atomic E-state index is 12.8. The number of aliphatic hydroxyl groups is 1. The summed E-state index contributed by atoms with van der Waals surface area (Å²) in [5.41, 5.74) is 2.10. The Hall–Kier alpha value is -2.24. The number of carbonyl (C=O) groups is 2. The molecule has 0 atom stereocenters. The molecule has 1 fully saturated rings. The van der Waals surface area contributed by atoms with Gasteiger partial charge in [0.25, 0.3) is 0 Å². The summed E-state index contributed by atoms with van der Waals surface area (Å²) in [5.74, 6) is 0.704. The summed E-state index contributed by atoms with van der Waals surface area (Å²) in [6.07, 6.45) is 5.72. The van der Waals surface area contributed by atoms with Crippen molar-refractivity contribution in [3.63, 3.8) is 0 Å². The Morgan fingerprint density at radius 3 is 2.75 bits per heavy atom. The fourth-order valence-electron chi connectivity index (χ4n) is 4.04. The van der Waals surface area contributed by atoms with Crippen molar-refractivity contribution in [2.45, 2.75) is 78.6 Å². The molecule has 0 radical (unpaired) electrons. The molecular weight excluding hydrogens is 356 g/mol. The van der Waals surface area contributed by atoms with Gasteiger partial charge >= 0.3 is 0 Å². The van der Waals surface area contributed by atoms with Crippen molar-refractivity contribution in [1.82, 2.24) is 5.16 Å². The fourth-order valence-corrected chi connectivity index (χ4v) is 4.04. The molecule has 0 unspecified atom stereocenters. The van der Waals surface area contributed by atoms with Gasteiger partial charge < -0.3 is 9.63 Å². The fraction of sp³-hybridized carbons (Fsp3) is 0.636. The van der Waals surface area contributed by atoms with Gasteiger partial charge in [-0.05, 0) is 24.7 Å². The highest BCUT2D eigenvalue weighted by Crippen LogP contribution is 2.36. The van der Waals surface area contributed by atoms with E-state index in [4.69, 9.17) is 4.52 Å². The number of hydrogen-bond acceptors (Lipinski definition) is 6. The number of aliphatic imine (C=N–C) groups is 1. The number of hydrogen-bond donors (Lipinski definition) is 1. The number of carbonyl (C=O) groups excluding carboxylic acids is 2. The Kier molecular flexibility index (Phi) is 6.16. The lowest BCUT2D eigenvalue weighted by molar-refractivity contribution is -0.117. The molecule has 152 valence electrons. The van der Waals surface area contributed by atoms with Crippen LogP contribution in [0, 0.1) is 5.41 Å². The van der Waals surface area contributed by atoms with E-state index in [0.29, 0.717) is 60.5 Å². The molecule has 0 saturated heterocycles. The molecule has 2 aliphatic carbocycles. The maximum Gasteiger partial charge on any atom is 0.168 e. The lowest BCUT2D eigenvalue weighted by Crippen LogP contribution is -2.33. The van der Waals surface area contributed by atoms with E-state index in [9.17, 15) is 14.7 Å². The van der Waals surface area contributed by atoms with E-state index >= 15 is 0 Å². The molecule has 1 saturated carbocycles. The second kappa shape index (κ2) is 8.41. The lowest BCUT2D eigenvalue weighted by Gasteiger charge is -2.31. The van der Waals surface area contributed by atoms with Gasteiger partial charge in [-0.15, -0.1) is 0 Å². The highest BCUT2D eigenvalue weighted by atomic mass is 16.5. The van der Waals surface area contributed by atoms with E-state index in [1.54, 1.807) is 0 Å². The quantitative estimate of drug-likeness (QED) is 0.439. The summed E-state index contributed by atoms with van der Waals surface area (Å²) in [7, 11) is 0. The highest BCUT2D eigenvalue weighted by molar-refractivity contribution is 6.24. The van der Waals surface area contributed by atoms with E-state index in [1.165, 1.54) is 0 Å². The molecule has 1 N–H and O–H groups in total. The number of ketones is 2. The Labute approximate surface area is 166 Å². The van der Waals surface area contributed by atoms with Crippen LogP contribution < -0.4 is 0 Å². The van der Waals surface area contributed by atoms with Crippen molar-refractivity contribution < 1.29 is 19.2 Å². The summed E-state index contributed by atoms with van der Waals surface area (Å²) in [5, 5.41) is 14.8. The van der Waals surface area contributed by atoms with Gasteiger partial charge in [0.15, 0.2) is 11.6 Å². The number of Topliss-reactive ketones (excluding diaryl/α,β-unsaturated/α-hetero) is 2. The van der Waals surface area contributed by atoms with Crippen molar-refractivity contribution >= 4 is 17.3 Å². The number of nitrogens with zero attached hydrogens (tertiary/aromatic N) is 2. The normalized spacial score (nSPS) is 22.5. The standard InChI is InChI=1S/C22H30N2O4/c1-4-5-11-23-15-12-22(2,3)13-18(27)20(15)17(26)10-9-14-21-16(25)7-6-8-19(21)28-24-14/h26H,4-13H2,1-3H3. The lowest BCUT2D eigenvalue weighted by atomic mass is 9.73. The maximum absolute atomic E-state index is 12.8. The van der Waals surface area contributed by atoms with Gasteiger partial charge in [-0.2, -0.15) is 0 Å². The van der Waals surface area contributed by atoms with Crippen LogP contribution in [0.5, 0.6) is 0 Å². The zero-order chi connectivity index (χ0) is 20.3. The summed E-state index contributed by atoms with van der Waals surface area (Å²) < 4.78 is 5.31. The van der Waals surface area contributed by atoms with Crippen LogP contribution in [0.1, 0.15) is 87.5 Å². The van der Waals surface area contributed by atoms with E-state index in [1.807, 2.05) is 0 Å². The molecule has 1 heterocycles. The number of unbranched alkanes of at least 4 members (excludes halogenated alkanes) is 1. The van der Waals surface area contributed by atoms with Gasteiger partial charge in [-0.25, -0.2) is 0 Å². The molecule has 28 heavy (non-hydrogen) atoms. The minimum absolute atomic E-state index is 0.0516. The first-order valence-corrected chi connectivity index (χ1v) is 10.3. The summed E-state index contributed by atoms with van der Waals surface area (Å²) in [4.78, 5) is 29.6. The first-order chi connectivity index (χ1) is 13.3. The number of aromatic nitrogens is 1. The van der Waals surface area contributed by atoms with Crippen molar-refractivity contribution in [2.75, 3.05) is 6.54 Å². The Balaban J connectivity index is 1.82. The number of aryl methyl sites for hydroxylation is 2. The molecule has 0 aliphatic heterocycles. The molecule has 6 nitrogen and oxygen atoms in total. The van der Waals surface area contributed by atoms with E-state index in [-0.39, 0.29) is 29.2 Å². The first-order valence-electron chi connectivity index (χ1n) is 10.3. The largest absolute Gasteiger partial charge is 0.511 e. The predicted molar refractivity (Wildman–Crippen MR) is 107 cm³/mol. The summed E-state index contributed by atoms with van der Waals surface area (Å²) >= 11 is 0. The minimum Gasteiger partial charge on any atom is -0.511 e. The Morgan fingerprint density at radius 1 is 1.21 bits per heavy atom. The van der Waals surface area contributed by atoms with Crippen LogP contribution >= 0.6 is 0 Å². The molecule has 6 heteroatoms. The molecule has 0 amide bonds. The van der Waals surface area contributed by atoms with Crippen molar-refractivity contribution in [1.29, 1.82) is 0 Å². The van der Waals surface area contributed by atoms with Crippen LogP contribution in [0.15, 0.2) is 20.8 Å². The van der Waals surface area contributed by atoms with Gasteiger partial charge in [-0.1, -0.05) is 32.3 Å². The molecule has 0 spiro atoms. The predicted octanol–water partition coefficient (Wildman–Crippen LogP) is 4.57. The Morgan fingerprint density at radius 2 is 2.00 bits per heavy atom. The number of fused-ring (bicyclic) bond motifs is 1. The molecule has 2 aliphatic rings. The van der Waals surface area contributed by atoms with Gasteiger partial charge in [0.1, 0.15) is 11.5 Å². The van der Waals surface area contributed by atoms with Gasteiger partial charge in [-0.3, -0.25) is 14.6 Å². The van der Waals surface area contributed by atoms with Crippen molar-refractivity contribution in [3.05, 3.63) is 28.3 Å². The van der Waals surface area contributed by atoms with Gasteiger partial charge in [0, 0.05) is 44.4 Å². The summed E-state index contributed by atoms with van der Waals surface area (Å²) in [6.45, 7) is 6.88. The molecule has 1 aromatic rings. The van der Waals surface area contributed by atoms with Gasteiger partial charge in [0.05, 0.1) is 16.8 Å². The van der Waals surface area contributed by atoms with Crippen LogP contribution in [-0.2, 0) is 17.6 Å². The highest BCUT2D eigenvalue weighted by Gasteiger charge is 2.36. The molecule has 1 aromatic heterocycles. The topological polar surface area (TPSA) is 92.8 Å². The third-order valence-corrected chi connectivity index (χ3v) is 5.47. The number of allylic oxidation sites excluding steroid dienone is 2. The monoisotopic (exact) mass is 386 g/mol. The average molecular weight is 386 g/mol. The average Bonchev–Trinajstić information content (AvgIpc) is 3.03. The molecular formula is C22H30N2O4. The zero-order valence-corrected chi connectivity index (χ0v) is 17.1. The van der Waals surface area contributed by atoms with Crippen LogP contribution in [0.2, 0.25) is 0 Å². The number of rotatable bonds is 6. The molecule has 0 aromatic carbocycles. The zero-order valence-electron chi connectivity index (χ0n) is 17.1. The molecule has 0 bridgehead atoms. The van der Waals surface area contributed by atoms with Gasteiger partial charge in [0.2, 0.25) is 0 Å². The van der Waals surface area contributed by atoms with Crippen LogP contribution in [0.25, 0.3) is 0 Å². The van der Waals surface area contributed by atoms with E-state index in [2.05, 4.69) is 30.9 Å². The van der Waals surface area contributed by atoms with Crippen LogP contribution in [-0.4, -0.2) is 34.1 Å². The van der Waals surface area contributed by atoms with Crippen LogP contribution in [0.4, 0.5) is 0 Å². The third-order valence-electron chi connectivity index (χ3n) is 5.47. The Bertz CT molecular complexity index is 830. The first kappa shape index (κ1) is 20.5. The van der Waals surface area contributed by atoms with Crippen molar-refractivity contribution in [2.24, 2.45) is 10.4 Å². The van der Waals surface area contributed by atoms with Crippen LogP contribution in [0.3, 0.4) is 0 Å². The summed E-state index contributed by atoms with van der Waals surface area (Å²) in [6, 6.07) is 0. The third kappa shape index (κ3) is 4.42. The minimum atomic E-state index is -0.149. The molecule has 3 rings (SSSR count). The van der Waals surface area contributed by atoms with E-state index in [0.717, 1.165) is 25.7 Å². The van der Waals surface area contributed by atoms with E-state index < -0.39 is 0 Å². The SMILES string of the molecule is CCCCN=C1CC(C)(C)CC(=O)C1=C(O)CCc1noc2c1C(=O)CCC2. The second-order valence-corrected chi connectivity index (χ2v) is 8.65. The number of aliphatic hydroxyl groups excluding tert-OH is 1. The van der Waals surface area contributed by atoms with Crippen molar-refractivity contribution in [3.8, 4) is 0 Å².